The Labute approximate surface area is 164 Å². The van der Waals surface area contributed by atoms with E-state index in [1.54, 1.807) is 23.2 Å². The summed E-state index contributed by atoms with van der Waals surface area (Å²) in [4.78, 5) is 34.2. The molecule has 0 bridgehead atoms. The summed E-state index contributed by atoms with van der Waals surface area (Å²) >= 11 is 0. The number of hydrogen-bond acceptors (Lipinski definition) is 5. The van der Waals surface area contributed by atoms with Crippen LogP contribution in [0.1, 0.15) is 36.0 Å². The first-order valence-corrected chi connectivity index (χ1v) is 10.3. The van der Waals surface area contributed by atoms with Crippen molar-refractivity contribution in [1.29, 1.82) is 0 Å². The second-order valence-electron chi connectivity index (χ2n) is 8.03. The summed E-state index contributed by atoms with van der Waals surface area (Å²) in [5.74, 6) is 0.0131. The third-order valence-electron chi connectivity index (χ3n) is 6.13. The molecule has 2 aromatic heterocycles. The number of nitrogens with zero attached hydrogens (tertiary/aromatic N) is 4. The maximum absolute atomic E-state index is 13.0. The molecule has 0 spiro atoms. The van der Waals surface area contributed by atoms with Gasteiger partial charge in [-0.15, -0.1) is 0 Å². The number of rotatable bonds is 4. The molecule has 4 heterocycles. The topological polar surface area (TPSA) is 78.2 Å². The Morgan fingerprint density at radius 2 is 1.86 bits per heavy atom. The zero-order chi connectivity index (χ0) is 19.5. The van der Waals surface area contributed by atoms with Gasteiger partial charge in [-0.2, -0.15) is 0 Å². The molecule has 2 aromatic rings. The number of pyridine rings is 1. The van der Waals surface area contributed by atoms with Crippen LogP contribution in [0.2, 0.25) is 0 Å². The number of amides is 1. The van der Waals surface area contributed by atoms with E-state index >= 15 is 0 Å². The first kappa shape index (κ1) is 19.1. The highest BCUT2D eigenvalue weighted by atomic mass is 16.3. The van der Waals surface area contributed by atoms with E-state index in [-0.39, 0.29) is 35.5 Å². The molecule has 2 aliphatic heterocycles. The van der Waals surface area contributed by atoms with E-state index in [4.69, 9.17) is 0 Å². The molecule has 2 saturated heterocycles. The summed E-state index contributed by atoms with van der Waals surface area (Å²) in [5.41, 5.74) is 0.278. The number of aliphatic hydroxyl groups excluding tert-OH is 1. The van der Waals surface area contributed by atoms with Gasteiger partial charge in [-0.3, -0.25) is 14.0 Å². The van der Waals surface area contributed by atoms with E-state index in [1.165, 1.54) is 36.3 Å². The maximum atomic E-state index is 13.0. The van der Waals surface area contributed by atoms with Crippen molar-refractivity contribution >= 4 is 11.6 Å². The van der Waals surface area contributed by atoms with Gasteiger partial charge in [0.1, 0.15) is 11.2 Å². The van der Waals surface area contributed by atoms with Gasteiger partial charge in [0.25, 0.3) is 11.5 Å². The minimum absolute atomic E-state index is 0.0587. The zero-order valence-corrected chi connectivity index (χ0v) is 16.2. The van der Waals surface area contributed by atoms with Crippen molar-refractivity contribution in [3.63, 3.8) is 0 Å². The second kappa shape index (κ2) is 8.41. The van der Waals surface area contributed by atoms with Crippen molar-refractivity contribution < 1.29 is 9.90 Å². The van der Waals surface area contributed by atoms with E-state index in [0.717, 1.165) is 19.6 Å². The van der Waals surface area contributed by atoms with Gasteiger partial charge < -0.3 is 14.9 Å². The molecular weight excluding hydrogens is 356 g/mol. The lowest BCUT2D eigenvalue weighted by Crippen LogP contribution is -2.36. The molecule has 2 fully saturated rings. The Morgan fingerprint density at radius 3 is 2.61 bits per heavy atom. The van der Waals surface area contributed by atoms with Crippen LogP contribution in [0.4, 0.5) is 0 Å². The molecule has 7 heteroatoms. The second-order valence-corrected chi connectivity index (χ2v) is 8.03. The van der Waals surface area contributed by atoms with Gasteiger partial charge in [0.15, 0.2) is 0 Å². The van der Waals surface area contributed by atoms with Crippen molar-refractivity contribution in [3.8, 4) is 0 Å². The molecule has 1 N–H and O–H groups in total. The van der Waals surface area contributed by atoms with E-state index in [0.29, 0.717) is 18.7 Å². The van der Waals surface area contributed by atoms with Crippen LogP contribution < -0.4 is 5.56 Å². The summed E-state index contributed by atoms with van der Waals surface area (Å²) in [6.45, 7) is 4.24. The van der Waals surface area contributed by atoms with Gasteiger partial charge in [0.2, 0.25) is 0 Å². The van der Waals surface area contributed by atoms with Crippen molar-refractivity contribution in [2.45, 2.75) is 25.7 Å². The van der Waals surface area contributed by atoms with Crippen LogP contribution in [0.25, 0.3) is 5.65 Å². The van der Waals surface area contributed by atoms with Gasteiger partial charge >= 0.3 is 0 Å². The number of carbonyl (C=O) groups excluding carboxylic acids is 1. The molecule has 0 saturated carbocycles. The van der Waals surface area contributed by atoms with Gasteiger partial charge in [0.05, 0.1) is 0 Å². The van der Waals surface area contributed by atoms with Crippen molar-refractivity contribution in [2.75, 3.05) is 39.3 Å². The fourth-order valence-corrected chi connectivity index (χ4v) is 4.51. The third-order valence-corrected chi connectivity index (χ3v) is 6.13. The fraction of sp³-hybridized carbons (Fsp3) is 0.571. The molecule has 2 atom stereocenters. The Hall–Kier alpha value is -2.25. The molecule has 28 heavy (non-hydrogen) atoms. The molecule has 0 radical (unpaired) electrons. The predicted molar refractivity (Wildman–Crippen MR) is 106 cm³/mol. The number of fused-ring (bicyclic) bond motifs is 1. The highest BCUT2D eigenvalue weighted by Crippen LogP contribution is 2.26. The SMILES string of the molecule is O=C(c1cnc2ccccn2c1=O)N1C[C@@H](CO)[C@@H](CN2CCCCCC2)C1. The fourth-order valence-electron chi connectivity index (χ4n) is 4.51. The number of likely N-dealkylation sites (tertiary alicyclic amines) is 2. The monoisotopic (exact) mass is 384 g/mol. The molecule has 1 amide bonds. The van der Waals surface area contributed by atoms with Crippen LogP contribution in [0.3, 0.4) is 0 Å². The number of aliphatic hydroxyl groups is 1. The molecule has 0 aromatic carbocycles. The Kier molecular flexibility index (Phi) is 5.73. The average molecular weight is 384 g/mol. The molecule has 0 aliphatic carbocycles. The summed E-state index contributed by atoms with van der Waals surface area (Å²) in [6, 6.07) is 5.30. The van der Waals surface area contributed by atoms with Crippen molar-refractivity contribution in [3.05, 3.63) is 46.5 Å². The number of aromatic nitrogens is 2. The zero-order valence-electron chi connectivity index (χ0n) is 16.2. The summed E-state index contributed by atoms with van der Waals surface area (Å²) < 4.78 is 1.40. The van der Waals surface area contributed by atoms with Crippen molar-refractivity contribution in [2.24, 2.45) is 11.8 Å². The van der Waals surface area contributed by atoms with Crippen LogP contribution in [-0.2, 0) is 0 Å². The lowest BCUT2D eigenvalue weighted by atomic mass is 9.96. The molecule has 7 nitrogen and oxygen atoms in total. The predicted octanol–water partition coefficient (Wildman–Crippen LogP) is 1.25. The lowest BCUT2D eigenvalue weighted by Gasteiger charge is -2.26. The van der Waals surface area contributed by atoms with Crippen LogP contribution in [0.15, 0.2) is 35.4 Å². The smallest absolute Gasteiger partial charge is 0.270 e. The highest BCUT2D eigenvalue weighted by molar-refractivity contribution is 5.94. The lowest BCUT2D eigenvalue weighted by molar-refractivity contribution is 0.0776. The summed E-state index contributed by atoms with van der Waals surface area (Å²) in [5, 5.41) is 9.85. The molecule has 150 valence electrons. The average Bonchev–Trinajstić information content (AvgIpc) is 2.94. The first-order valence-electron chi connectivity index (χ1n) is 10.3. The van der Waals surface area contributed by atoms with Gasteiger partial charge in [0, 0.05) is 44.6 Å². The van der Waals surface area contributed by atoms with E-state index in [9.17, 15) is 14.7 Å². The standard InChI is InChI=1S/C21H28N4O3/c26-15-17-14-24(13-16(17)12-23-8-4-1-2-5-9-23)20(27)18-11-22-19-7-3-6-10-25(19)21(18)28/h3,6-7,10-11,16-17,26H,1-2,4-5,8-9,12-15H2/t16-,17-/m0/s1. The minimum atomic E-state index is -0.341. The van der Waals surface area contributed by atoms with Gasteiger partial charge in [-0.1, -0.05) is 18.9 Å². The summed E-state index contributed by atoms with van der Waals surface area (Å²) in [6.07, 6.45) is 8.03. The van der Waals surface area contributed by atoms with Gasteiger partial charge in [-0.05, 0) is 44.0 Å². The van der Waals surface area contributed by atoms with Crippen LogP contribution in [0, 0.1) is 11.8 Å². The largest absolute Gasteiger partial charge is 0.396 e. The van der Waals surface area contributed by atoms with Gasteiger partial charge in [-0.25, -0.2) is 4.98 Å². The van der Waals surface area contributed by atoms with Crippen LogP contribution in [0.5, 0.6) is 0 Å². The maximum Gasteiger partial charge on any atom is 0.270 e. The molecular formula is C21H28N4O3. The highest BCUT2D eigenvalue weighted by Gasteiger charge is 2.37. The normalized spacial score (nSPS) is 23.8. The summed E-state index contributed by atoms with van der Waals surface area (Å²) in [7, 11) is 0. The van der Waals surface area contributed by atoms with Crippen molar-refractivity contribution in [1.82, 2.24) is 19.2 Å². The quantitative estimate of drug-likeness (QED) is 0.858. The van der Waals surface area contributed by atoms with Crippen LogP contribution in [-0.4, -0.2) is 69.5 Å². The Balaban J connectivity index is 1.50. The van der Waals surface area contributed by atoms with E-state index < -0.39 is 0 Å². The van der Waals surface area contributed by atoms with Crippen LogP contribution >= 0.6 is 0 Å². The Morgan fingerprint density at radius 1 is 1.11 bits per heavy atom. The van der Waals surface area contributed by atoms with E-state index in [2.05, 4.69) is 9.88 Å². The number of carbonyl (C=O) groups is 1. The first-order chi connectivity index (χ1) is 13.7. The Bertz CT molecular complexity index is 889. The molecule has 0 unspecified atom stereocenters. The third kappa shape index (κ3) is 3.82. The molecule has 4 rings (SSSR count). The van der Waals surface area contributed by atoms with E-state index in [1.807, 2.05) is 6.07 Å². The molecule has 2 aliphatic rings. The number of hydrogen-bond donors (Lipinski definition) is 1. The minimum Gasteiger partial charge on any atom is -0.396 e.